The molecule has 6 heteroatoms. The van der Waals surface area contributed by atoms with Gasteiger partial charge in [0, 0.05) is 53.9 Å². The summed E-state index contributed by atoms with van der Waals surface area (Å²) < 4.78 is 3.60. The van der Waals surface area contributed by atoms with Gasteiger partial charge >= 0.3 is 0 Å². The first-order chi connectivity index (χ1) is 13.3. The van der Waals surface area contributed by atoms with Crippen LogP contribution in [0.1, 0.15) is 29.8 Å². The number of thiazole rings is 1. The molecule has 4 heterocycles. The molecule has 0 aliphatic heterocycles. The van der Waals surface area contributed by atoms with Gasteiger partial charge in [0.05, 0.1) is 20.7 Å². The van der Waals surface area contributed by atoms with Gasteiger partial charge in [-0.1, -0.05) is 6.07 Å². The van der Waals surface area contributed by atoms with Crippen LogP contribution in [0.3, 0.4) is 0 Å². The van der Waals surface area contributed by atoms with Gasteiger partial charge in [0.1, 0.15) is 6.33 Å². The van der Waals surface area contributed by atoms with Crippen LogP contribution in [0, 0.1) is 0 Å². The zero-order valence-corrected chi connectivity index (χ0v) is 15.4. The molecule has 1 aliphatic rings. The Balaban J connectivity index is 1.35. The number of aromatic nitrogens is 5. The summed E-state index contributed by atoms with van der Waals surface area (Å²) in [4.78, 5) is 16.5. The Morgan fingerprint density at radius 3 is 2.78 bits per heavy atom. The van der Waals surface area contributed by atoms with Gasteiger partial charge in [-0.05, 0) is 36.6 Å². The Morgan fingerprint density at radius 1 is 1.04 bits per heavy atom. The lowest BCUT2D eigenvalue weighted by Gasteiger charge is -2.36. The Bertz CT molecular complexity index is 1220. The number of hydrogen-bond acceptors (Lipinski definition) is 4. The third-order valence-electron chi connectivity index (χ3n) is 5.62. The molecule has 1 unspecified atom stereocenters. The van der Waals surface area contributed by atoms with Crippen LogP contribution in [0.15, 0.2) is 61.6 Å². The lowest BCUT2D eigenvalue weighted by atomic mass is 9.80. The smallest absolute Gasteiger partial charge is 0.115 e. The molecule has 0 radical (unpaired) electrons. The number of benzene rings is 1. The van der Waals surface area contributed by atoms with Crippen LogP contribution in [0.25, 0.3) is 32.2 Å². The molecular weight excluding hydrogens is 354 g/mol. The molecule has 2 atom stereocenters. The summed E-state index contributed by atoms with van der Waals surface area (Å²) in [6.45, 7) is 0. The van der Waals surface area contributed by atoms with Crippen LogP contribution in [0.4, 0.5) is 0 Å². The van der Waals surface area contributed by atoms with Gasteiger partial charge in [0.25, 0.3) is 0 Å². The lowest BCUT2D eigenvalue weighted by Crippen LogP contribution is -2.26. The van der Waals surface area contributed by atoms with Crippen molar-refractivity contribution < 1.29 is 0 Å². The minimum Gasteiger partial charge on any atom is -0.360 e. The molecule has 5 aromatic rings. The monoisotopic (exact) mass is 371 g/mol. The first-order valence-electron chi connectivity index (χ1n) is 9.15. The highest BCUT2D eigenvalue weighted by atomic mass is 32.1. The fraction of sp³-hybridized carbons (Fsp3) is 0.190. The van der Waals surface area contributed by atoms with E-state index in [1.165, 1.54) is 33.5 Å². The molecule has 27 heavy (non-hydrogen) atoms. The largest absolute Gasteiger partial charge is 0.360 e. The van der Waals surface area contributed by atoms with Crippen molar-refractivity contribution >= 4 is 32.5 Å². The van der Waals surface area contributed by atoms with Crippen molar-refractivity contribution in [2.75, 3.05) is 0 Å². The zero-order chi connectivity index (χ0) is 17.8. The number of nitrogens with zero attached hydrogens (tertiary/aromatic N) is 4. The summed E-state index contributed by atoms with van der Waals surface area (Å²) in [6, 6.07) is 9.07. The molecule has 0 saturated heterocycles. The van der Waals surface area contributed by atoms with Crippen molar-refractivity contribution in [1.29, 1.82) is 0 Å². The standard InChI is InChI=1S/C21H17N5S/c1-3-17-20(7-13(1)15-8-22-12-23-9-15)27-21(25-17)16-2-4-19(16)26-10-14-5-6-24-18(14)11-26/h1,3,5-12,16,19,24H,2,4H2/t16-,19?/m0/s1. The number of rotatable bonds is 3. The van der Waals surface area contributed by atoms with Crippen molar-refractivity contribution in [3.8, 4) is 11.1 Å². The molecule has 6 rings (SSSR count). The molecule has 1 aliphatic carbocycles. The summed E-state index contributed by atoms with van der Waals surface area (Å²) in [5.41, 5.74) is 4.47. The second-order valence-electron chi connectivity index (χ2n) is 7.17. The van der Waals surface area contributed by atoms with Crippen molar-refractivity contribution in [2.45, 2.75) is 24.8 Å². The second kappa shape index (κ2) is 5.76. The van der Waals surface area contributed by atoms with E-state index in [-0.39, 0.29) is 0 Å². The van der Waals surface area contributed by atoms with E-state index in [4.69, 9.17) is 4.98 Å². The molecule has 0 amide bonds. The van der Waals surface area contributed by atoms with Crippen molar-refractivity contribution in [3.05, 3.63) is 66.6 Å². The Hall–Kier alpha value is -2.99. The molecule has 4 aromatic heterocycles. The summed E-state index contributed by atoms with van der Waals surface area (Å²) >= 11 is 1.82. The van der Waals surface area contributed by atoms with Crippen molar-refractivity contribution in [3.63, 3.8) is 0 Å². The van der Waals surface area contributed by atoms with Gasteiger partial charge < -0.3 is 9.55 Å². The van der Waals surface area contributed by atoms with Crippen LogP contribution in [0.2, 0.25) is 0 Å². The van der Waals surface area contributed by atoms with Gasteiger partial charge in [0.15, 0.2) is 0 Å². The SMILES string of the molecule is c1ncc(-c2ccc3nc([C@H]4CCC4n4cc5cc[nH]c5c4)sc3c2)cn1. The molecule has 0 bridgehead atoms. The molecule has 1 fully saturated rings. The summed E-state index contributed by atoms with van der Waals surface area (Å²) in [7, 11) is 0. The van der Waals surface area contributed by atoms with Gasteiger partial charge in [-0.2, -0.15) is 0 Å². The normalized spacial score (nSPS) is 19.6. The predicted octanol–water partition coefficient (Wildman–Crippen LogP) is 5.15. The van der Waals surface area contributed by atoms with Crippen LogP contribution < -0.4 is 0 Å². The predicted molar refractivity (Wildman–Crippen MR) is 108 cm³/mol. The Morgan fingerprint density at radius 2 is 1.96 bits per heavy atom. The molecular formula is C21H17N5S. The average molecular weight is 371 g/mol. The molecule has 1 aromatic carbocycles. The fourth-order valence-electron chi connectivity index (χ4n) is 4.01. The molecule has 1 N–H and O–H groups in total. The maximum absolute atomic E-state index is 4.95. The van der Waals surface area contributed by atoms with Gasteiger partial charge in [-0.15, -0.1) is 11.3 Å². The summed E-state index contributed by atoms with van der Waals surface area (Å²) in [5, 5.41) is 2.53. The van der Waals surface area contributed by atoms with E-state index >= 15 is 0 Å². The third kappa shape index (κ3) is 2.40. The average Bonchev–Trinajstić information content (AvgIpc) is 3.35. The van der Waals surface area contributed by atoms with Crippen molar-refractivity contribution in [1.82, 2.24) is 24.5 Å². The van der Waals surface area contributed by atoms with E-state index in [0.29, 0.717) is 12.0 Å². The third-order valence-corrected chi connectivity index (χ3v) is 6.77. The van der Waals surface area contributed by atoms with Crippen molar-refractivity contribution in [2.24, 2.45) is 0 Å². The Kier molecular flexibility index (Phi) is 3.22. The molecule has 132 valence electrons. The topological polar surface area (TPSA) is 59.4 Å². The van der Waals surface area contributed by atoms with E-state index in [1.807, 2.05) is 29.9 Å². The minimum atomic E-state index is 0.502. The Labute approximate surface area is 159 Å². The number of nitrogens with one attached hydrogen (secondary N) is 1. The highest BCUT2D eigenvalue weighted by molar-refractivity contribution is 7.18. The van der Waals surface area contributed by atoms with E-state index in [1.54, 1.807) is 6.33 Å². The molecule has 5 nitrogen and oxygen atoms in total. The van der Waals surface area contributed by atoms with Gasteiger partial charge in [-0.25, -0.2) is 15.0 Å². The summed E-state index contributed by atoms with van der Waals surface area (Å²) in [5.74, 6) is 0.502. The highest BCUT2D eigenvalue weighted by Gasteiger charge is 2.35. The number of aromatic amines is 1. The highest BCUT2D eigenvalue weighted by Crippen LogP contribution is 2.48. The first kappa shape index (κ1) is 15.1. The number of hydrogen-bond donors (Lipinski definition) is 1. The van der Waals surface area contributed by atoms with Crippen LogP contribution in [-0.4, -0.2) is 24.5 Å². The van der Waals surface area contributed by atoms with Crippen LogP contribution in [0.5, 0.6) is 0 Å². The van der Waals surface area contributed by atoms with E-state index < -0.39 is 0 Å². The van der Waals surface area contributed by atoms with E-state index in [2.05, 4.69) is 56.2 Å². The fourth-order valence-corrected chi connectivity index (χ4v) is 5.21. The van der Waals surface area contributed by atoms with E-state index in [0.717, 1.165) is 16.6 Å². The number of H-pyrrole nitrogens is 1. The van der Waals surface area contributed by atoms with Gasteiger partial charge in [-0.3, -0.25) is 0 Å². The summed E-state index contributed by atoms with van der Waals surface area (Å²) in [6.07, 6.45) is 14.2. The zero-order valence-electron chi connectivity index (χ0n) is 14.5. The maximum atomic E-state index is 4.95. The number of fused-ring (bicyclic) bond motifs is 2. The quantitative estimate of drug-likeness (QED) is 0.477. The van der Waals surface area contributed by atoms with Crippen LogP contribution >= 0.6 is 11.3 Å². The molecule has 0 spiro atoms. The van der Waals surface area contributed by atoms with E-state index in [9.17, 15) is 0 Å². The first-order valence-corrected chi connectivity index (χ1v) is 9.97. The van der Waals surface area contributed by atoms with Crippen LogP contribution in [-0.2, 0) is 0 Å². The minimum absolute atomic E-state index is 0.502. The maximum Gasteiger partial charge on any atom is 0.115 e. The second-order valence-corrected chi connectivity index (χ2v) is 8.23. The molecule has 1 saturated carbocycles. The van der Waals surface area contributed by atoms with Gasteiger partial charge in [0.2, 0.25) is 0 Å². The lowest BCUT2D eigenvalue weighted by molar-refractivity contribution is 0.257.